The number of aryl methyl sites for hydroxylation is 1. The molecule has 0 bridgehead atoms. The molecule has 1 atom stereocenters. The fourth-order valence-corrected chi connectivity index (χ4v) is 2.68. The molecule has 0 spiro atoms. The van der Waals surface area contributed by atoms with Crippen LogP contribution in [0.4, 0.5) is 14.9 Å². The standard InChI is InChI=1S/C18H25FN4O2/c1-12-9-21-23(10-12)16-6-5-14(7-15(16)19)22-17(25)20-11-18(3,4)8-13(2)24/h5-7,9-10,13,24H,8,11H2,1-4H3,(H2,20,22,25). The van der Waals surface area contributed by atoms with E-state index < -0.39 is 18.0 Å². The molecule has 0 saturated heterocycles. The van der Waals surface area contributed by atoms with Gasteiger partial charge in [0.2, 0.25) is 0 Å². The van der Waals surface area contributed by atoms with Crippen molar-refractivity contribution in [2.75, 3.05) is 11.9 Å². The third-order valence-corrected chi connectivity index (χ3v) is 3.74. The molecule has 0 fully saturated rings. The van der Waals surface area contributed by atoms with Crippen LogP contribution in [0.2, 0.25) is 0 Å². The number of aliphatic hydroxyl groups excluding tert-OH is 1. The molecule has 3 N–H and O–H groups in total. The van der Waals surface area contributed by atoms with Gasteiger partial charge in [-0.1, -0.05) is 13.8 Å². The zero-order valence-electron chi connectivity index (χ0n) is 15.0. The summed E-state index contributed by atoms with van der Waals surface area (Å²) in [7, 11) is 0. The highest BCUT2D eigenvalue weighted by atomic mass is 19.1. The van der Waals surface area contributed by atoms with E-state index in [0.29, 0.717) is 24.3 Å². The van der Waals surface area contributed by atoms with Crippen molar-refractivity contribution in [1.29, 1.82) is 0 Å². The number of benzene rings is 1. The summed E-state index contributed by atoms with van der Waals surface area (Å²) in [5.41, 5.74) is 1.37. The largest absolute Gasteiger partial charge is 0.393 e. The van der Waals surface area contributed by atoms with E-state index in [1.54, 1.807) is 31.5 Å². The molecule has 2 aromatic rings. The van der Waals surface area contributed by atoms with Crippen LogP contribution in [0.5, 0.6) is 0 Å². The summed E-state index contributed by atoms with van der Waals surface area (Å²) < 4.78 is 15.7. The van der Waals surface area contributed by atoms with Crippen molar-refractivity contribution in [1.82, 2.24) is 15.1 Å². The Hall–Kier alpha value is -2.41. The summed E-state index contributed by atoms with van der Waals surface area (Å²) in [6, 6.07) is 4.03. The van der Waals surface area contributed by atoms with Gasteiger partial charge < -0.3 is 15.7 Å². The minimum atomic E-state index is -0.477. The summed E-state index contributed by atoms with van der Waals surface area (Å²) in [4.78, 5) is 12.0. The lowest BCUT2D eigenvalue weighted by Gasteiger charge is -2.26. The number of aromatic nitrogens is 2. The second-order valence-corrected chi connectivity index (χ2v) is 7.15. The van der Waals surface area contributed by atoms with Crippen molar-refractivity contribution in [3.05, 3.63) is 42.0 Å². The smallest absolute Gasteiger partial charge is 0.319 e. The van der Waals surface area contributed by atoms with Gasteiger partial charge in [-0.25, -0.2) is 13.9 Å². The molecule has 1 heterocycles. The van der Waals surface area contributed by atoms with Gasteiger partial charge in [0.15, 0.2) is 5.82 Å². The third kappa shape index (κ3) is 5.56. The third-order valence-electron chi connectivity index (χ3n) is 3.74. The number of anilines is 1. The summed E-state index contributed by atoms with van der Waals surface area (Å²) in [5, 5.41) is 18.9. The highest BCUT2D eigenvalue weighted by Gasteiger charge is 2.21. The van der Waals surface area contributed by atoms with E-state index in [2.05, 4.69) is 15.7 Å². The Morgan fingerprint density at radius 3 is 2.72 bits per heavy atom. The van der Waals surface area contributed by atoms with E-state index in [-0.39, 0.29) is 5.41 Å². The maximum atomic E-state index is 14.3. The first-order valence-electron chi connectivity index (χ1n) is 8.20. The van der Waals surface area contributed by atoms with Gasteiger partial charge in [-0.3, -0.25) is 0 Å². The number of hydrogen-bond donors (Lipinski definition) is 3. The van der Waals surface area contributed by atoms with Crippen LogP contribution in [-0.4, -0.2) is 33.6 Å². The highest BCUT2D eigenvalue weighted by Crippen LogP contribution is 2.21. The minimum absolute atomic E-state index is 0.238. The first-order chi connectivity index (χ1) is 11.7. The molecule has 0 aliphatic rings. The average Bonchev–Trinajstić information content (AvgIpc) is 2.90. The normalized spacial score (nSPS) is 12.7. The quantitative estimate of drug-likeness (QED) is 0.750. The van der Waals surface area contributed by atoms with E-state index in [1.807, 2.05) is 20.8 Å². The molecule has 6 nitrogen and oxygen atoms in total. The maximum absolute atomic E-state index is 14.3. The Bertz CT molecular complexity index is 740. The van der Waals surface area contributed by atoms with E-state index in [1.165, 1.54) is 10.7 Å². The van der Waals surface area contributed by atoms with Gasteiger partial charge >= 0.3 is 6.03 Å². The molecular formula is C18H25FN4O2. The second kappa shape index (κ2) is 7.65. The molecular weight excluding hydrogens is 323 g/mol. The van der Waals surface area contributed by atoms with Crippen molar-refractivity contribution in [3.8, 4) is 5.69 Å². The summed E-state index contributed by atoms with van der Waals surface area (Å²) >= 11 is 0. The van der Waals surface area contributed by atoms with Crippen molar-refractivity contribution < 1.29 is 14.3 Å². The Kier molecular flexibility index (Phi) is 5.79. The van der Waals surface area contributed by atoms with Crippen molar-refractivity contribution >= 4 is 11.7 Å². The van der Waals surface area contributed by atoms with Crippen LogP contribution < -0.4 is 10.6 Å². The first kappa shape index (κ1) is 18.9. The molecule has 136 valence electrons. The van der Waals surface area contributed by atoms with E-state index in [9.17, 15) is 14.3 Å². The second-order valence-electron chi connectivity index (χ2n) is 7.15. The molecule has 0 aliphatic heterocycles. The number of rotatable bonds is 6. The molecule has 7 heteroatoms. The molecule has 1 unspecified atom stereocenters. The highest BCUT2D eigenvalue weighted by molar-refractivity contribution is 5.89. The molecule has 0 aliphatic carbocycles. The Labute approximate surface area is 147 Å². The topological polar surface area (TPSA) is 79.2 Å². The molecule has 1 aromatic carbocycles. The van der Waals surface area contributed by atoms with Gasteiger partial charge in [0.05, 0.1) is 12.3 Å². The van der Waals surface area contributed by atoms with Gasteiger partial charge in [-0.2, -0.15) is 5.10 Å². The molecule has 25 heavy (non-hydrogen) atoms. The predicted octanol–water partition coefficient (Wildman–Crippen LogP) is 3.24. The molecule has 2 amide bonds. The molecule has 0 radical (unpaired) electrons. The first-order valence-corrected chi connectivity index (χ1v) is 8.20. The lowest BCUT2D eigenvalue weighted by atomic mass is 9.87. The monoisotopic (exact) mass is 348 g/mol. The molecule has 0 saturated carbocycles. The van der Waals surface area contributed by atoms with Crippen molar-refractivity contribution in [2.45, 2.75) is 40.2 Å². The molecule has 1 aromatic heterocycles. The zero-order valence-corrected chi connectivity index (χ0v) is 15.0. The van der Waals surface area contributed by atoms with E-state index in [4.69, 9.17) is 0 Å². The SMILES string of the molecule is Cc1cnn(-c2ccc(NC(=O)NCC(C)(C)CC(C)O)cc2F)c1. The number of carbonyl (C=O) groups is 1. The van der Waals surface area contributed by atoms with Crippen molar-refractivity contribution in [3.63, 3.8) is 0 Å². The fraction of sp³-hybridized carbons (Fsp3) is 0.444. The number of carbonyl (C=O) groups excluding carboxylic acids is 1. The summed E-state index contributed by atoms with van der Waals surface area (Å²) in [6.45, 7) is 7.91. The van der Waals surface area contributed by atoms with Crippen LogP contribution in [0.1, 0.15) is 32.8 Å². The van der Waals surface area contributed by atoms with E-state index >= 15 is 0 Å². The van der Waals surface area contributed by atoms with Crippen LogP contribution in [0.15, 0.2) is 30.6 Å². The number of nitrogens with one attached hydrogen (secondary N) is 2. The Balaban J connectivity index is 1.96. The summed E-state index contributed by atoms with van der Waals surface area (Å²) in [6.07, 6.45) is 3.50. The van der Waals surface area contributed by atoms with Gasteiger partial charge in [-0.15, -0.1) is 0 Å². The van der Waals surface area contributed by atoms with Crippen LogP contribution in [-0.2, 0) is 0 Å². The predicted molar refractivity (Wildman–Crippen MR) is 95.4 cm³/mol. The number of aliphatic hydroxyl groups is 1. The van der Waals surface area contributed by atoms with Gasteiger partial charge in [-0.05, 0) is 49.4 Å². The maximum Gasteiger partial charge on any atom is 0.319 e. The number of amides is 2. The van der Waals surface area contributed by atoms with Crippen LogP contribution >= 0.6 is 0 Å². The Morgan fingerprint density at radius 1 is 1.44 bits per heavy atom. The van der Waals surface area contributed by atoms with Crippen LogP contribution in [0.25, 0.3) is 5.69 Å². The minimum Gasteiger partial charge on any atom is -0.393 e. The zero-order chi connectivity index (χ0) is 18.6. The molecule has 2 rings (SSSR count). The van der Waals surface area contributed by atoms with E-state index in [0.717, 1.165) is 5.56 Å². The van der Waals surface area contributed by atoms with Crippen molar-refractivity contribution in [2.24, 2.45) is 5.41 Å². The summed E-state index contributed by atoms with van der Waals surface area (Å²) in [5.74, 6) is -0.477. The average molecular weight is 348 g/mol. The fourth-order valence-electron chi connectivity index (χ4n) is 2.68. The van der Waals surface area contributed by atoms with Gasteiger partial charge in [0.25, 0.3) is 0 Å². The van der Waals surface area contributed by atoms with Gasteiger partial charge in [0.1, 0.15) is 5.69 Å². The Morgan fingerprint density at radius 2 is 2.16 bits per heavy atom. The lowest BCUT2D eigenvalue weighted by Crippen LogP contribution is -2.38. The lowest BCUT2D eigenvalue weighted by molar-refractivity contribution is 0.129. The number of nitrogens with zero attached hydrogens (tertiary/aromatic N) is 2. The number of hydrogen-bond acceptors (Lipinski definition) is 3. The van der Waals surface area contributed by atoms with Gasteiger partial charge in [0, 0.05) is 18.4 Å². The van der Waals surface area contributed by atoms with Crippen LogP contribution in [0.3, 0.4) is 0 Å². The van der Waals surface area contributed by atoms with Crippen LogP contribution in [0, 0.1) is 18.2 Å². The number of urea groups is 1. The number of halogens is 1.